The van der Waals surface area contributed by atoms with Gasteiger partial charge in [-0.2, -0.15) is 5.10 Å². The normalized spacial score (nSPS) is 25.1. The summed E-state index contributed by atoms with van der Waals surface area (Å²) < 4.78 is 1.25. The maximum atomic E-state index is 12.4. The standard InChI is InChI=1S/C13H13N3O4/c1-15-10(9(6-14-15)13(19)20)16-11(17)7-4-2-3-5-8(7)12(16)18/h2-3,6-8H,4-5H2,1H3,(H,19,20)/t7-,8+. The molecule has 1 aliphatic heterocycles. The first-order chi connectivity index (χ1) is 9.52. The summed E-state index contributed by atoms with van der Waals surface area (Å²) in [4.78, 5) is 37.0. The van der Waals surface area contributed by atoms with Gasteiger partial charge in [0.15, 0.2) is 5.82 Å². The molecule has 2 amide bonds. The maximum absolute atomic E-state index is 12.4. The minimum absolute atomic E-state index is 0.0434. The van der Waals surface area contributed by atoms with Gasteiger partial charge in [-0.05, 0) is 12.8 Å². The van der Waals surface area contributed by atoms with E-state index in [0.717, 1.165) is 11.1 Å². The van der Waals surface area contributed by atoms with Gasteiger partial charge in [0.1, 0.15) is 5.56 Å². The molecular weight excluding hydrogens is 262 g/mol. The second-order valence-corrected chi connectivity index (χ2v) is 4.98. The summed E-state index contributed by atoms with van der Waals surface area (Å²) in [5, 5.41) is 13.0. The van der Waals surface area contributed by atoms with Crippen LogP contribution in [0.2, 0.25) is 0 Å². The van der Waals surface area contributed by atoms with Gasteiger partial charge in [-0.1, -0.05) is 12.2 Å². The molecule has 1 aliphatic carbocycles. The van der Waals surface area contributed by atoms with Gasteiger partial charge >= 0.3 is 5.97 Å². The van der Waals surface area contributed by atoms with Crippen LogP contribution >= 0.6 is 0 Å². The van der Waals surface area contributed by atoms with Crippen molar-refractivity contribution in [3.05, 3.63) is 23.9 Å². The number of hydrogen-bond donors (Lipinski definition) is 1. The Morgan fingerprint density at radius 1 is 1.25 bits per heavy atom. The summed E-state index contributed by atoms with van der Waals surface area (Å²) in [6, 6.07) is 0. The van der Waals surface area contributed by atoms with Gasteiger partial charge in [0.05, 0.1) is 18.0 Å². The van der Waals surface area contributed by atoms with E-state index in [1.807, 2.05) is 12.2 Å². The van der Waals surface area contributed by atoms with Crippen LogP contribution in [0.1, 0.15) is 23.2 Å². The molecule has 0 bridgehead atoms. The molecule has 0 radical (unpaired) electrons. The lowest BCUT2D eigenvalue weighted by Crippen LogP contribution is -2.33. The average Bonchev–Trinajstić information content (AvgIpc) is 2.91. The van der Waals surface area contributed by atoms with E-state index in [1.165, 1.54) is 11.7 Å². The SMILES string of the molecule is Cn1ncc(C(=O)O)c1N1C(=O)[C@H]2CC=CC[C@H]2C1=O. The fraction of sp³-hybridized carbons (Fsp3) is 0.385. The smallest absolute Gasteiger partial charge is 0.341 e. The van der Waals surface area contributed by atoms with Crippen molar-refractivity contribution < 1.29 is 19.5 Å². The Morgan fingerprint density at radius 3 is 2.30 bits per heavy atom. The highest BCUT2D eigenvalue weighted by atomic mass is 16.4. The third-order valence-corrected chi connectivity index (χ3v) is 3.86. The zero-order valence-electron chi connectivity index (χ0n) is 10.8. The lowest BCUT2D eigenvalue weighted by Gasteiger charge is -2.15. The van der Waals surface area contributed by atoms with Crippen LogP contribution < -0.4 is 4.90 Å². The Kier molecular flexibility index (Phi) is 2.70. The number of aryl methyl sites for hydroxylation is 1. The van der Waals surface area contributed by atoms with Gasteiger partial charge in [-0.15, -0.1) is 0 Å². The van der Waals surface area contributed by atoms with E-state index in [2.05, 4.69) is 5.10 Å². The molecule has 2 heterocycles. The lowest BCUT2D eigenvalue weighted by atomic mass is 9.85. The van der Waals surface area contributed by atoms with E-state index in [0.29, 0.717) is 12.8 Å². The largest absolute Gasteiger partial charge is 0.477 e. The molecule has 1 aromatic heterocycles. The highest BCUT2D eigenvalue weighted by molar-refractivity contribution is 6.23. The molecule has 7 heteroatoms. The number of fused-ring (bicyclic) bond motifs is 1. The molecule has 3 rings (SSSR count). The van der Waals surface area contributed by atoms with Crippen molar-refractivity contribution in [3.63, 3.8) is 0 Å². The van der Waals surface area contributed by atoms with E-state index >= 15 is 0 Å². The fourth-order valence-electron chi connectivity index (χ4n) is 2.86. The van der Waals surface area contributed by atoms with Gasteiger partial charge in [-0.3, -0.25) is 14.3 Å². The summed E-state index contributed by atoms with van der Waals surface area (Å²) in [6.45, 7) is 0. The van der Waals surface area contributed by atoms with Crippen LogP contribution in [0, 0.1) is 11.8 Å². The van der Waals surface area contributed by atoms with Gasteiger partial charge in [0, 0.05) is 7.05 Å². The van der Waals surface area contributed by atoms with Gasteiger partial charge in [-0.25, -0.2) is 9.69 Å². The zero-order chi connectivity index (χ0) is 14.4. The molecule has 0 spiro atoms. The second kappa shape index (κ2) is 4.29. The molecular formula is C13H13N3O4. The number of carboxylic acid groups (broad SMARTS) is 1. The van der Waals surface area contributed by atoms with Crippen molar-refractivity contribution in [1.82, 2.24) is 9.78 Å². The number of anilines is 1. The van der Waals surface area contributed by atoms with Crippen LogP contribution in [0.15, 0.2) is 18.3 Å². The number of aromatic carboxylic acids is 1. The van der Waals surface area contributed by atoms with Crippen LogP contribution in [0.4, 0.5) is 5.82 Å². The predicted octanol–water partition coefficient (Wildman–Crippen LogP) is 0.574. The first-order valence-electron chi connectivity index (χ1n) is 6.30. The summed E-state index contributed by atoms with van der Waals surface area (Å²) in [6.07, 6.45) is 5.96. The first-order valence-corrected chi connectivity index (χ1v) is 6.30. The lowest BCUT2D eigenvalue weighted by molar-refractivity contribution is -0.122. The number of nitrogens with zero attached hydrogens (tertiary/aromatic N) is 3. The first kappa shape index (κ1) is 12.6. The number of imide groups is 1. The van der Waals surface area contributed by atoms with E-state index in [-0.39, 0.29) is 35.0 Å². The fourth-order valence-corrected chi connectivity index (χ4v) is 2.86. The molecule has 0 saturated carbocycles. The van der Waals surface area contributed by atoms with Crippen molar-refractivity contribution in [2.75, 3.05) is 4.90 Å². The number of allylic oxidation sites excluding steroid dienone is 2. The monoisotopic (exact) mass is 275 g/mol. The molecule has 7 nitrogen and oxygen atoms in total. The molecule has 1 fully saturated rings. The van der Waals surface area contributed by atoms with Gasteiger partial charge < -0.3 is 5.11 Å². The maximum Gasteiger partial charge on any atom is 0.341 e. The van der Waals surface area contributed by atoms with Crippen molar-refractivity contribution in [1.29, 1.82) is 0 Å². The Balaban J connectivity index is 2.08. The van der Waals surface area contributed by atoms with Crippen molar-refractivity contribution in [3.8, 4) is 0 Å². The Hall–Kier alpha value is -2.44. The zero-order valence-corrected chi connectivity index (χ0v) is 10.8. The average molecular weight is 275 g/mol. The molecule has 1 aromatic rings. The van der Waals surface area contributed by atoms with Gasteiger partial charge in [0.2, 0.25) is 11.8 Å². The number of carboxylic acids is 1. The number of hydrogen-bond acceptors (Lipinski definition) is 4. The Bertz CT molecular complexity index is 620. The molecule has 0 unspecified atom stereocenters. The van der Waals surface area contributed by atoms with Crippen LogP contribution in [-0.2, 0) is 16.6 Å². The number of aromatic nitrogens is 2. The Labute approximate surface area is 114 Å². The highest BCUT2D eigenvalue weighted by Gasteiger charge is 2.49. The van der Waals surface area contributed by atoms with E-state index in [4.69, 9.17) is 5.11 Å². The highest BCUT2D eigenvalue weighted by Crippen LogP contribution is 2.38. The minimum atomic E-state index is -1.21. The van der Waals surface area contributed by atoms with Crippen molar-refractivity contribution in [2.24, 2.45) is 18.9 Å². The minimum Gasteiger partial charge on any atom is -0.477 e. The van der Waals surface area contributed by atoms with Crippen LogP contribution in [0.3, 0.4) is 0 Å². The number of amides is 2. The molecule has 0 aromatic carbocycles. The van der Waals surface area contributed by atoms with E-state index in [9.17, 15) is 14.4 Å². The van der Waals surface area contributed by atoms with E-state index < -0.39 is 5.97 Å². The second-order valence-electron chi connectivity index (χ2n) is 4.98. The molecule has 1 N–H and O–H groups in total. The molecule has 20 heavy (non-hydrogen) atoms. The van der Waals surface area contributed by atoms with Crippen LogP contribution in [0.25, 0.3) is 0 Å². The van der Waals surface area contributed by atoms with E-state index in [1.54, 1.807) is 0 Å². The van der Waals surface area contributed by atoms with Crippen LogP contribution in [-0.4, -0.2) is 32.7 Å². The summed E-state index contributed by atoms with van der Waals surface area (Å²) in [5.74, 6) is -2.61. The van der Waals surface area contributed by atoms with Crippen molar-refractivity contribution >= 4 is 23.6 Å². The number of rotatable bonds is 2. The van der Waals surface area contributed by atoms with Crippen molar-refractivity contribution in [2.45, 2.75) is 12.8 Å². The third-order valence-electron chi connectivity index (χ3n) is 3.86. The summed E-state index contributed by atoms with van der Waals surface area (Å²) in [7, 11) is 1.52. The molecule has 2 aliphatic rings. The van der Waals surface area contributed by atoms with Crippen LogP contribution in [0.5, 0.6) is 0 Å². The third kappa shape index (κ3) is 1.59. The summed E-state index contributed by atoms with van der Waals surface area (Å²) >= 11 is 0. The number of carbonyl (C=O) groups is 3. The number of carbonyl (C=O) groups excluding carboxylic acids is 2. The van der Waals surface area contributed by atoms with Gasteiger partial charge in [0.25, 0.3) is 0 Å². The molecule has 1 saturated heterocycles. The predicted molar refractivity (Wildman–Crippen MR) is 68.0 cm³/mol. The topological polar surface area (TPSA) is 92.5 Å². The quantitative estimate of drug-likeness (QED) is 0.629. The molecule has 104 valence electrons. The molecule has 2 atom stereocenters. The Morgan fingerprint density at radius 2 is 1.80 bits per heavy atom. The summed E-state index contributed by atoms with van der Waals surface area (Å²) in [5.41, 5.74) is -0.138.